The number of methoxy groups -OCH3 is 1. The van der Waals surface area contributed by atoms with Gasteiger partial charge in [-0.2, -0.15) is 0 Å². The molecule has 3 heterocycles. The predicted octanol–water partition coefficient (Wildman–Crippen LogP) is 1.50. The first kappa shape index (κ1) is 18.1. The van der Waals surface area contributed by atoms with Gasteiger partial charge in [0.1, 0.15) is 0 Å². The lowest BCUT2D eigenvalue weighted by Gasteiger charge is -2.32. The molecule has 0 aromatic carbocycles. The van der Waals surface area contributed by atoms with Crippen LogP contribution in [-0.4, -0.2) is 66.1 Å². The molecular weight excluding hydrogens is 332 g/mol. The van der Waals surface area contributed by atoms with Gasteiger partial charge in [0.05, 0.1) is 24.2 Å². The van der Waals surface area contributed by atoms with Crippen LogP contribution in [0.2, 0.25) is 0 Å². The minimum atomic E-state index is -0.243. The molecule has 1 amide bonds. The van der Waals surface area contributed by atoms with E-state index in [2.05, 4.69) is 37.1 Å². The van der Waals surface area contributed by atoms with Crippen molar-refractivity contribution in [2.75, 3.05) is 50.6 Å². The summed E-state index contributed by atoms with van der Waals surface area (Å²) >= 11 is 0. The van der Waals surface area contributed by atoms with Crippen LogP contribution < -0.4 is 15.0 Å². The molecule has 2 aromatic rings. The molecule has 1 fully saturated rings. The molecule has 0 radical (unpaired) electrons. The van der Waals surface area contributed by atoms with Crippen LogP contribution in [0, 0.1) is 13.8 Å². The third-order valence-corrected chi connectivity index (χ3v) is 4.49. The number of pyridine rings is 1. The zero-order valence-electron chi connectivity index (χ0n) is 15.6. The third-order valence-electron chi connectivity index (χ3n) is 4.49. The van der Waals surface area contributed by atoms with Gasteiger partial charge in [-0.1, -0.05) is 0 Å². The molecular formula is C18H24N6O2. The van der Waals surface area contributed by atoms with E-state index >= 15 is 0 Å². The lowest BCUT2D eigenvalue weighted by atomic mass is 10.2. The molecule has 1 saturated heterocycles. The average molecular weight is 356 g/mol. The number of rotatable bonds is 4. The van der Waals surface area contributed by atoms with Gasteiger partial charge in [0, 0.05) is 44.0 Å². The Morgan fingerprint density at radius 1 is 1.15 bits per heavy atom. The van der Waals surface area contributed by atoms with E-state index in [1.807, 2.05) is 13.8 Å². The van der Waals surface area contributed by atoms with Gasteiger partial charge in [0.25, 0.3) is 5.91 Å². The highest BCUT2D eigenvalue weighted by Gasteiger charge is 2.19. The summed E-state index contributed by atoms with van der Waals surface area (Å²) in [7, 11) is 3.63. The number of likely N-dealkylation sites (N-methyl/N-ethyl adjacent to an activating group) is 1. The van der Waals surface area contributed by atoms with E-state index < -0.39 is 0 Å². The Bertz CT molecular complexity index is 779. The Morgan fingerprint density at radius 3 is 2.42 bits per heavy atom. The number of anilines is 2. The van der Waals surface area contributed by atoms with Gasteiger partial charge >= 0.3 is 0 Å². The Morgan fingerprint density at radius 2 is 1.81 bits per heavy atom. The van der Waals surface area contributed by atoms with Crippen LogP contribution in [0.25, 0.3) is 0 Å². The van der Waals surface area contributed by atoms with Crippen LogP contribution >= 0.6 is 0 Å². The van der Waals surface area contributed by atoms with Crippen LogP contribution in [0.3, 0.4) is 0 Å². The van der Waals surface area contributed by atoms with E-state index in [1.165, 1.54) is 7.11 Å². The summed E-state index contributed by atoms with van der Waals surface area (Å²) in [4.78, 5) is 30.2. The Hall–Kier alpha value is -2.74. The van der Waals surface area contributed by atoms with E-state index in [4.69, 9.17) is 4.74 Å². The molecule has 0 saturated carbocycles. The molecule has 3 rings (SSSR count). The highest BCUT2D eigenvalue weighted by atomic mass is 16.5. The van der Waals surface area contributed by atoms with Crippen LogP contribution in [0.15, 0.2) is 18.3 Å². The zero-order valence-corrected chi connectivity index (χ0v) is 15.6. The maximum absolute atomic E-state index is 12.5. The summed E-state index contributed by atoms with van der Waals surface area (Å²) in [5.74, 6) is 0.872. The molecule has 8 heteroatoms. The molecule has 1 N–H and O–H groups in total. The number of aromatic nitrogens is 3. The van der Waals surface area contributed by atoms with Crippen LogP contribution in [0.4, 0.5) is 11.6 Å². The Balaban J connectivity index is 1.79. The summed E-state index contributed by atoms with van der Waals surface area (Å²) in [5, 5.41) is 2.91. The summed E-state index contributed by atoms with van der Waals surface area (Å²) in [6, 6.07) is 3.24. The van der Waals surface area contributed by atoms with E-state index in [1.54, 1.807) is 18.3 Å². The Kier molecular flexibility index (Phi) is 5.32. The number of hydrogen-bond donors (Lipinski definition) is 1. The second-order valence-corrected chi connectivity index (χ2v) is 6.40. The van der Waals surface area contributed by atoms with Crippen molar-refractivity contribution in [3.05, 3.63) is 35.3 Å². The number of nitrogens with zero attached hydrogens (tertiary/aromatic N) is 5. The zero-order chi connectivity index (χ0) is 18.7. The number of carbonyl (C=O) groups excluding carboxylic acids is 1. The summed E-state index contributed by atoms with van der Waals surface area (Å²) in [5.41, 5.74) is 2.61. The molecule has 0 bridgehead atoms. The Labute approximate surface area is 153 Å². The largest absolute Gasteiger partial charge is 0.481 e. The SMILES string of the molecule is COc1cc(C(=O)Nc2c(C)nc(N3CCN(C)CC3)nc2C)ccn1. The summed E-state index contributed by atoms with van der Waals surface area (Å²) in [6.07, 6.45) is 1.54. The number of hydrogen-bond acceptors (Lipinski definition) is 7. The summed E-state index contributed by atoms with van der Waals surface area (Å²) in [6.45, 7) is 7.55. The maximum Gasteiger partial charge on any atom is 0.256 e. The number of piperazine rings is 1. The van der Waals surface area contributed by atoms with Gasteiger partial charge < -0.3 is 19.9 Å². The number of nitrogens with one attached hydrogen (secondary N) is 1. The smallest absolute Gasteiger partial charge is 0.256 e. The second kappa shape index (κ2) is 7.65. The molecule has 1 aliphatic heterocycles. The van der Waals surface area contributed by atoms with Gasteiger partial charge in [-0.3, -0.25) is 4.79 Å². The fraction of sp³-hybridized carbons (Fsp3) is 0.444. The first-order valence-electron chi connectivity index (χ1n) is 8.58. The van der Waals surface area contributed by atoms with E-state index in [0.29, 0.717) is 17.1 Å². The number of carbonyl (C=O) groups is 1. The highest BCUT2D eigenvalue weighted by molar-refractivity contribution is 6.05. The van der Waals surface area contributed by atoms with Gasteiger partial charge in [-0.05, 0) is 27.0 Å². The minimum Gasteiger partial charge on any atom is -0.481 e. The number of aryl methyl sites for hydroxylation is 2. The minimum absolute atomic E-state index is 0.243. The molecule has 8 nitrogen and oxygen atoms in total. The molecule has 0 atom stereocenters. The first-order chi connectivity index (χ1) is 12.5. The highest BCUT2D eigenvalue weighted by Crippen LogP contribution is 2.22. The number of amides is 1. The van der Waals surface area contributed by atoms with Crippen molar-refractivity contribution in [2.24, 2.45) is 0 Å². The fourth-order valence-corrected chi connectivity index (χ4v) is 2.88. The first-order valence-corrected chi connectivity index (χ1v) is 8.58. The quantitative estimate of drug-likeness (QED) is 0.889. The van der Waals surface area contributed by atoms with Crippen molar-refractivity contribution in [1.29, 1.82) is 0 Å². The lowest BCUT2D eigenvalue weighted by molar-refractivity contribution is 0.102. The van der Waals surface area contributed by atoms with E-state index in [0.717, 1.165) is 43.5 Å². The van der Waals surface area contributed by atoms with Crippen molar-refractivity contribution < 1.29 is 9.53 Å². The standard InChI is InChI=1S/C18H24N6O2/c1-12-16(22-17(25)14-5-6-19-15(11-14)26-4)13(2)21-18(20-12)24-9-7-23(3)8-10-24/h5-6,11H,7-10H2,1-4H3,(H,22,25). The molecule has 138 valence electrons. The van der Waals surface area contributed by atoms with E-state index in [-0.39, 0.29) is 5.91 Å². The molecule has 0 unspecified atom stereocenters. The van der Waals surface area contributed by atoms with Crippen molar-refractivity contribution in [3.8, 4) is 5.88 Å². The normalized spacial score (nSPS) is 15.0. The molecule has 0 aliphatic carbocycles. The van der Waals surface area contributed by atoms with Crippen molar-refractivity contribution in [1.82, 2.24) is 19.9 Å². The van der Waals surface area contributed by atoms with Gasteiger partial charge in [0.2, 0.25) is 11.8 Å². The lowest BCUT2D eigenvalue weighted by Crippen LogP contribution is -2.45. The number of ether oxygens (including phenoxy) is 1. The topological polar surface area (TPSA) is 83.5 Å². The molecule has 2 aromatic heterocycles. The maximum atomic E-state index is 12.5. The van der Waals surface area contributed by atoms with Gasteiger partial charge in [0.15, 0.2) is 0 Å². The van der Waals surface area contributed by atoms with Crippen LogP contribution in [0.1, 0.15) is 21.7 Å². The van der Waals surface area contributed by atoms with Crippen molar-refractivity contribution >= 4 is 17.5 Å². The van der Waals surface area contributed by atoms with Crippen molar-refractivity contribution in [3.63, 3.8) is 0 Å². The monoisotopic (exact) mass is 356 g/mol. The molecule has 1 aliphatic rings. The van der Waals surface area contributed by atoms with Gasteiger partial charge in [-0.25, -0.2) is 15.0 Å². The van der Waals surface area contributed by atoms with E-state index in [9.17, 15) is 4.79 Å². The third kappa shape index (κ3) is 3.91. The fourth-order valence-electron chi connectivity index (χ4n) is 2.88. The second-order valence-electron chi connectivity index (χ2n) is 6.40. The molecule has 0 spiro atoms. The van der Waals surface area contributed by atoms with Crippen LogP contribution in [-0.2, 0) is 0 Å². The molecule has 26 heavy (non-hydrogen) atoms. The van der Waals surface area contributed by atoms with Crippen molar-refractivity contribution in [2.45, 2.75) is 13.8 Å². The van der Waals surface area contributed by atoms with Gasteiger partial charge in [-0.15, -0.1) is 0 Å². The average Bonchev–Trinajstić information content (AvgIpc) is 2.65. The van der Waals surface area contributed by atoms with Crippen LogP contribution in [0.5, 0.6) is 5.88 Å². The predicted molar refractivity (Wildman–Crippen MR) is 100.0 cm³/mol. The summed E-state index contributed by atoms with van der Waals surface area (Å²) < 4.78 is 5.07.